The SMILES string of the molecule is CC(C)CCN1CCC(C)N(C)CC1CC#N. The van der Waals surface area contributed by atoms with E-state index in [2.05, 4.69) is 43.7 Å². The van der Waals surface area contributed by atoms with Crippen molar-refractivity contribution in [3.8, 4) is 6.07 Å². The minimum atomic E-state index is 0.425. The zero-order chi connectivity index (χ0) is 12.8. The Labute approximate surface area is 106 Å². The number of rotatable bonds is 4. The van der Waals surface area contributed by atoms with Gasteiger partial charge in [0.15, 0.2) is 0 Å². The van der Waals surface area contributed by atoms with Gasteiger partial charge in [-0.25, -0.2) is 0 Å². The molecule has 0 spiro atoms. The van der Waals surface area contributed by atoms with E-state index in [1.54, 1.807) is 0 Å². The van der Waals surface area contributed by atoms with Crippen molar-refractivity contribution < 1.29 is 0 Å². The van der Waals surface area contributed by atoms with E-state index in [4.69, 9.17) is 5.26 Å². The van der Waals surface area contributed by atoms with E-state index in [1.807, 2.05) is 0 Å². The van der Waals surface area contributed by atoms with Crippen molar-refractivity contribution in [2.24, 2.45) is 5.92 Å². The maximum absolute atomic E-state index is 8.96. The third-order valence-corrected chi connectivity index (χ3v) is 3.92. The molecule has 0 aliphatic carbocycles. The molecule has 0 N–H and O–H groups in total. The summed E-state index contributed by atoms with van der Waals surface area (Å²) in [6.07, 6.45) is 3.12. The van der Waals surface area contributed by atoms with Crippen LogP contribution in [0.1, 0.15) is 40.0 Å². The highest BCUT2D eigenvalue weighted by molar-refractivity contribution is 4.88. The van der Waals surface area contributed by atoms with E-state index in [9.17, 15) is 0 Å². The number of likely N-dealkylation sites (N-methyl/N-ethyl adjacent to an activating group) is 1. The Morgan fingerprint density at radius 1 is 1.41 bits per heavy atom. The quantitative estimate of drug-likeness (QED) is 0.752. The minimum absolute atomic E-state index is 0.425. The Bertz CT molecular complexity index is 255. The Balaban J connectivity index is 2.60. The topological polar surface area (TPSA) is 30.3 Å². The van der Waals surface area contributed by atoms with E-state index in [0.717, 1.165) is 25.6 Å². The highest BCUT2D eigenvalue weighted by atomic mass is 15.2. The van der Waals surface area contributed by atoms with Gasteiger partial charge in [-0.2, -0.15) is 5.26 Å². The number of nitriles is 1. The molecule has 0 aromatic rings. The van der Waals surface area contributed by atoms with Gasteiger partial charge in [0.2, 0.25) is 0 Å². The van der Waals surface area contributed by atoms with Crippen LogP contribution in [-0.4, -0.2) is 48.6 Å². The molecular weight excluding hydrogens is 210 g/mol. The van der Waals surface area contributed by atoms with Crippen molar-refractivity contribution in [2.45, 2.75) is 52.1 Å². The normalized spacial score (nSPS) is 28.0. The molecule has 1 rings (SSSR count). The zero-order valence-electron chi connectivity index (χ0n) is 11.8. The summed E-state index contributed by atoms with van der Waals surface area (Å²) in [6.45, 7) is 10.1. The maximum atomic E-state index is 8.96. The molecule has 0 radical (unpaired) electrons. The molecule has 2 unspecified atom stereocenters. The van der Waals surface area contributed by atoms with Crippen LogP contribution in [0.4, 0.5) is 0 Å². The Morgan fingerprint density at radius 2 is 2.12 bits per heavy atom. The second-order valence-electron chi connectivity index (χ2n) is 5.81. The summed E-state index contributed by atoms with van der Waals surface area (Å²) >= 11 is 0. The fourth-order valence-corrected chi connectivity index (χ4v) is 2.40. The van der Waals surface area contributed by atoms with Gasteiger partial charge in [0.05, 0.1) is 12.5 Å². The molecule has 1 saturated heterocycles. The summed E-state index contributed by atoms with van der Waals surface area (Å²) in [5.74, 6) is 0.746. The molecule has 17 heavy (non-hydrogen) atoms. The molecule has 1 fully saturated rings. The van der Waals surface area contributed by atoms with Crippen LogP contribution in [0.3, 0.4) is 0 Å². The lowest BCUT2D eigenvalue weighted by atomic mass is 10.1. The van der Waals surface area contributed by atoms with Gasteiger partial charge in [0.25, 0.3) is 0 Å². The van der Waals surface area contributed by atoms with Crippen molar-refractivity contribution in [1.82, 2.24) is 9.80 Å². The average Bonchev–Trinajstić information content (AvgIpc) is 2.39. The molecule has 1 aliphatic rings. The Hall–Kier alpha value is -0.590. The van der Waals surface area contributed by atoms with E-state index in [1.165, 1.54) is 12.8 Å². The Morgan fingerprint density at radius 3 is 2.71 bits per heavy atom. The minimum Gasteiger partial charge on any atom is -0.302 e. The summed E-state index contributed by atoms with van der Waals surface area (Å²) in [4.78, 5) is 4.93. The van der Waals surface area contributed by atoms with E-state index >= 15 is 0 Å². The molecule has 0 amide bonds. The van der Waals surface area contributed by atoms with Crippen LogP contribution in [0.2, 0.25) is 0 Å². The van der Waals surface area contributed by atoms with Crippen LogP contribution in [0.5, 0.6) is 0 Å². The first-order chi connectivity index (χ1) is 8.04. The molecule has 0 aromatic heterocycles. The van der Waals surface area contributed by atoms with Gasteiger partial charge in [-0.15, -0.1) is 0 Å². The second-order valence-corrected chi connectivity index (χ2v) is 5.81. The van der Waals surface area contributed by atoms with E-state index in [0.29, 0.717) is 18.5 Å². The lowest BCUT2D eigenvalue weighted by Gasteiger charge is -2.30. The summed E-state index contributed by atoms with van der Waals surface area (Å²) in [6, 6.07) is 3.41. The molecule has 1 aliphatic heterocycles. The van der Waals surface area contributed by atoms with Crippen molar-refractivity contribution in [3.63, 3.8) is 0 Å². The molecule has 0 aromatic carbocycles. The third-order valence-electron chi connectivity index (χ3n) is 3.92. The largest absolute Gasteiger partial charge is 0.302 e. The number of nitrogens with zero attached hydrogens (tertiary/aromatic N) is 3. The van der Waals surface area contributed by atoms with Gasteiger partial charge >= 0.3 is 0 Å². The van der Waals surface area contributed by atoms with E-state index in [-0.39, 0.29) is 0 Å². The molecule has 98 valence electrons. The highest BCUT2D eigenvalue weighted by Gasteiger charge is 2.26. The molecule has 0 saturated carbocycles. The zero-order valence-corrected chi connectivity index (χ0v) is 11.8. The van der Waals surface area contributed by atoms with Gasteiger partial charge in [-0.1, -0.05) is 13.8 Å². The van der Waals surface area contributed by atoms with Gasteiger partial charge in [0, 0.05) is 18.6 Å². The van der Waals surface area contributed by atoms with Crippen molar-refractivity contribution in [2.75, 3.05) is 26.7 Å². The van der Waals surface area contributed by atoms with Gasteiger partial charge in [-0.05, 0) is 45.8 Å². The smallest absolute Gasteiger partial charge is 0.0638 e. The maximum Gasteiger partial charge on any atom is 0.0638 e. The van der Waals surface area contributed by atoms with Gasteiger partial charge in [0.1, 0.15) is 0 Å². The van der Waals surface area contributed by atoms with Gasteiger partial charge < -0.3 is 4.90 Å². The Kier molecular flexibility index (Phi) is 5.94. The first-order valence-electron chi connectivity index (χ1n) is 6.85. The molecule has 0 bridgehead atoms. The van der Waals surface area contributed by atoms with Gasteiger partial charge in [-0.3, -0.25) is 4.90 Å². The number of hydrogen-bond acceptors (Lipinski definition) is 3. The molecule has 1 heterocycles. The monoisotopic (exact) mass is 237 g/mol. The van der Waals surface area contributed by atoms with Crippen LogP contribution < -0.4 is 0 Å². The predicted molar refractivity (Wildman–Crippen MR) is 71.8 cm³/mol. The van der Waals surface area contributed by atoms with Crippen molar-refractivity contribution in [3.05, 3.63) is 0 Å². The summed E-state index contributed by atoms with van der Waals surface area (Å²) in [7, 11) is 2.18. The van der Waals surface area contributed by atoms with Crippen LogP contribution >= 0.6 is 0 Å². The highest BCUT2D eigenvalue weighted by Crippen LogP contribution is 2.17. The van der Waals surface area contributed by atoms with Crippen molar-refractivity contribution in [1.29, 1.82) is 5.26 Å². The fourth-order valence-electron chi connectivity index (χ4n) is 2.40. The van der Waals surface area contributed by atoms with Crippen LogP contribution in [0.15, 0.2) is 0 Å². The van der Waals surface area contributed by atoms with Crippen LogP contribution in [-0.2, 0) is 0 Å². The fraction of sp³-hybridized carbons (Fsp3) is 0.929. The summed E-state index contributed by atoms with van der Waals surface area (Å²) in [5.41, 5.74) is 0. The second kappa shape index (κ2) is 6.98. The average molecular weight is 237 g/mol. The van der Waals surface area contributed by atoms with Crippen LogP contribution in [0, 0.1) is 17.2 Å². The lowest BCUT2D eigenvalue weighted by Crippen LogP contribution is -2.41. The molecule has 3 heteroatoms. The van der Waals surface area contributed by atoms with E-state index < -0.39 is 0 Å². The predicted octanol–water partition coefficient (Wildman–Crippen LogP) is 2.34. The first kappa shape index (κ1) is 14.5. The standard InChI is InChI=1S/C14H27N3/c1-12(2)6-9-17-10-7-13(3)16(4)11-14(17)5-8-15/h12-14H,5-7,9-11H2,1-4H3. The van der Waals surface area contributed by atoms with Crippen molar-refractivity contribution >= 4 is 0 Å². The lowest BCUT2D eigenvalue weighted by molar-refractivity contribution is 0.177. The molecule has 3 nitrogen and oxygen atoms in total. The molecular formula is C14H27N3. The molecule has 2 atom stereocenters. The first-order valence-corrected chi connectivity index (χ1v) is 6.85. The third kappa shape index (κ3) is 4.65. The summed E-state index contributed by atoms with van der Waals surface area (Å²) in [5, 5.41) is 8.96. The van der Waals surface area contributed by atoms with Crippen LogP contribution in [0.25, 0.3) is 0 Å². The summed E-state index contributed by atoms with van der Waals surface area (Å²) < 4.78 is 0. The number of hydrogen-bond donors (Lipinski definition) is 0.